The van der Waals surface area contributed by atoms with E-state index in [1.165, 1.54) is 10.5 Å². The molecule has 0 saturated carbocycles. The van der Waals surface area contributed by atoms with Crippen molar-refractivity contribution in [3.63, 3.8) is 0 Å². The minimum absolute atomic E-state index is 0.0397. The lowest BCUT2D eigenvalue weighted by atomic mass is 10.2. The third-order valence-corrected chi connectivity index (χ3v) is 7.01. The van der Waals surface area contributed by atoms with Gasteiger partial charge in [0.25, 0.3) is 15.9 Å². The summed E-state index contributed by atoms with van der Waals surface area (Å²) in [7, 11) is -1.94. The molecule has 1 fully saturated rings. The van der Waals surface area contributed by atoms with Gasteiger partial charge in [0.1, 0.15) is 12.4 Å². The van der Waals surface area contributed by atoms with Crippen LogP contribution in [0.15, 0.2) is 35.5 Å². The molecule has 2 aliphatic heterocycles. The van der Waals surface area contributed by atoms with E-state index in [1.807, 2.05) is 12.1 Å². The van der Waals surface area contributed by atoms with Crippen molar-refractivity contribution >= 4 is 15.9 Å². The van der Waals surface area contributed by atoms with Crippen LogP contribution in [0.1, 0.15) is 12.2 Å². The molecule has 1 saturated heterocycles. The van der Waals surface area contributed by atoms with E-state index in [2.05, 4.69) is 4.98 Å². The molecule has 1 unspecified atom stereocenters. The molecule has 3 heterocycles. The van der Waals surface area contributed by atoms with Crippen molar-refractivity contribution < 1.29 is 22.7 Å². The number of aryl methyl sites for hydroxylation is 2. The van der Waals surface area contributed by atoms with Gasteiger partial charge in [-0.05, 0) is 25.5 Å². The number of para-hydroxylation sites is 2. The van der Waals surface area contributed by atoms with E-state index >= 15 is 0 Å². The monoisotopic (exact) mass is 420 g/mol. The molecule has 1 aromatic heterocycles. The van der Waals surface area contributed by atoms with Crippen molar-refractivity contribution in [3.05, 3.63) is 36.3 Å². The van der Waals surface area contributed by atoms with E-state index in [0.717, 1.165) is 0 Å². The first kappa shape index (κ1) is 19.7. The van der Waals surface area contributed by atoms with Gasteiger partial charge < -0.3 is 18.9 Å². The lowest BCUT2D eigenvalue weighted by Gasteiger charge is -2.30. The number of hydrogen-bond acceptors (Lipinski definition) is 6. The highest BCUT2D eigenvalue weighted by atomic mass is 32.2. The number of amides is 1. The van der Waals surface area contributed by atoms with Gasteiger partial charge in [-0.25, -0.2) is 13.4 Å². The standard InChI is InChI=1S/C19H24N4O5S/c1-14-20-18(12-21(14)2)29(25,26)23-9-5-8-22(10-11-23)19(24)17-13-27-15-6-3-4-7-16(15)28-17/h3-4,6-7,12,17H,5,8-11,13H2,1-2H3. The highest BCUT2D eigenvalue weighted by Crippen LogP contribution is 2.31. The fraction of sp³-hybridized carbons (Fsp3) is 0.474. The van der Waals surface area contributed by atoms with Crippen molar-refractivity contribution in [1.29, 1.82) is 0 Å². The minimum atomic E-state index is -3.69. The smallest absolute Gasteiger partial charge is 0.267 e. The summed E-state index contributed by atoms with van der Waals surface area (Å²) in [5.41, 5.74) is 0. The van der Waals surface area contributed by atoms with E-state index in [0.29, 0.717) is 43.4 Å². The molecule has 0 N–H and O–H groups in total. The normalized spacial score (nSPS) is 20.3. The molecule has 1 aromatic carbocycles. The van der Waals surface area contributed by atoms with Gasteiger partial charge in [0, 0.05) is 39.4 Å². The Bertz CT molecular complexity index is 1000. The van der Waals surface area contributed by atoms with Gasteiger partial charge in [-0.15, -0.1) is 0 Å². The largest absolute Gasteiger partial charge is 0.485 e. The number of sulfonamides is 1. The van der Waals surface area contributed by atoms with Crippen LogP contribution in [0.25, 0.3) is 0 Å². The van der Waals surface area contributed by atoms with Gasteiger partial charge in [-0.2, -0.15) is 4.31 Å². The topological polar surface area (TPSA) is 94.0 Å². The summed E-state index contributed by atoms with van der Waals surface area (Å²) in [6.07, 6.45) is 1.33. The van der Waals surface area contributed by atoms with Crippen LogP contribution in [-0.4, -0.2) is 72.0 Å². The maximum absolute atomic E-state index is 12.9. The Hall–Kier alpha value is -2.59. The molecular weight excluding hydrogens is 396 g/mol. The van der Waals surface area contributed by atoms with Crippen LogP contribution in [-0.2, 0) is 21.9 Å². The van der Waals surface area contributed by atoms with E-state index in [4.69, 9.17) is 9.47 Å². The van der Waals surface area contributed by atoms with Crippen LogP contribution in [0.2, 0.25) is 0 Å². The summed E-state index contributed by atoms with van der Waals surface area (Å²) in [5, 5.41) is 0.0397. The molecule has 0 bridgehead atoms. The molecule has 156 valence electrons. The summed E-state index contributed by atoms with van der Waals surface area (Å²) >= 11 is 0. The zero-order chi connectivity index (χ0) is 20.6. The Morgan fingerprint density at radius 3 is 2.62 bits per heavy atom. The maximum Gasteiger partial charge on any atom is 0.267 e. The Morgan fingerprint density at radius 1 is 1.14 bits per heavy atom. The van der Waals surface area contributed by atoms with Crippen LogP contribution in [0.3, 0.4) is 0 Å². The number of carbonyl (C=O) groups is 1. The van der Waals surface area contributed by atoms with Crippen molar-refractivity contribution in [2.24, 2.45) is 7.05 Å². The Kier molecular flexibility index (Phi) is 5.22. The third-order valence-electron chi connectivity index (χ3n) is 5.24. The van der Waals surface area contributed by atoms with E-state index in [1.54, 1.807) is 35.6 Å². The van der Waals surface area contributed by atoms with Crippen molar-refractivity contribution in [2.45, 2.75) is 24.5 Å². The van der Waals surface area contributed by atoms with Gasteiger partial charge >= 0.3 is 0 Å². The molecule has 0 spiro atoms. The molecule has 2 aromatic rings. The second-order valence-electron chi connectivity index (χ2n) is 7.18. The van der Waals surface area contributed by atoms with Crippen LogP contribution >= 0.6 is 0 Å². The van der Waals surface area contributed by atoms with Crippen LogP contribution in [0, 0.1) is 6.92 Å². The molecular formula is C19H24N4O5S. The SMILES string of the molecule is Cc1nc(S(=O)(=O)N2CCCN(C(=O)C3COc4ccccc4O3)CC2)cn1C. The Morgan fingerprint density at radius 2 is 1.90 bits per heavy atom. The first-order valence-electron chi connectivity index (χ1n) is 9.53. The fourth-order valence-corrected chi connectivity index (χ4v) is 4.98. The lowest BCUT2D eigenvalue weighted by Crippen LogP contribution is -2.47. The Balaban J connectivity index is 1.43. The highest BCUT2D eigenvalue weighted by molar-refractivity contribution is 7.89. The maximum atomic E-state index is 12.9. The summed E-state index contributed by atoms with van der Waals surface area (Å²) in [4.78, 5) is 18.7. The van der Waals surface area contributed by atoms with Crippen LogP contribution in [0.5, 0.6) is 11.5 Å². The number of benzene rings is 1. The second-order valence-corrected chi connectivity index (χ2v) is 9.07. The van der Waals surface area contributed by atoms with E-state index in [-0.39, 0.29) is 24.1 Å². The summed E-state index contributed by atoms with van der Waals surface area (Å²) in [5.74, 6) is 1.61. The minimum Gasteiger partial charge on any atom is -0.485 e. The van der Waals surface area contributed by atoms with Crippen molar-refractivity contribution in [3.8, 4) is 11.5 Å². The van der Waals surface area contributed by atoms with Gasteiger partial charge in [0.05, 0.1) is 0 Å². The molecule has 4 rings (SSSR count). The van der Waals surface area contributed by atoms with Crippen molar-refractivity contribution in [2.75, 3.05) is 32.8 Å². The molecule has 9 nitrogen and oxygen atoms in total. The van der Waals surface area contributed by atoms with Gasteiger partial charge in [0.15, 0.2) is 16.5 Å². The highest BCUT2D eigenvalue weighted by Gasteiger charge is 2.34. The zero-order valence-electron chi connectivity index (χ0n) is 16.4. The van der Waals surface area contributed by atoms with E-state index < -0.39 is 16.1 Å². The number of carbonyl (C=O) groups excluding carboxylic acids is 1. The van der Waals surface area contributed by atoms with Gasteiger partial charge in [-0.3, -0.25) is 4.79 Å². The number of hydrogen-bond donors (Lipinski definition) is 0. The summed E-state index contributed by atoms with van der Waals surface area (Å²) in [6, 6.07) is 7.23. The second kappa shape index (κ2) is 7.68. The molecule has 0 radical (unpaired) electrons. The van der Waals surface area contributed by atoms with Crippen LogP contribution < -0.4 is 9.47 Å². The molecule has 0 aliphatic carbocycles. The van der Waals surface area contributed by atoms with E-state index in [9.17, 15) is 13.2 Å². The number of aromatic nitrogens is 2. The molecule has 1 atom stereocenters. The molecule has 10 heteroatoms. The summed E-state index contributed by atoms with van der Waals surface area (Å²) < 4.78 is 40.4. The summed E-state index contributed by atoms with van der Waals surface area (Å²) in [6.45, 7) is 3.22. The third kappa shape index (κ3) is 3.82. The molecule has 2 aliphatic rings. The number of imidazole rings is 1. The first-order valence-corrected chi connectivity index (χ1v) is 11.0. The van der Waals surface area contributed by atoms with Gasteiger partial charge in [0.2, 0.25) is 6.10 Å². The average molecular weight is 420 g/mol. The zero-order valence-corrected chi connectivity index (χ0v) is 17.3. The van der Waals surface area contributed by atoms with Gasteiger partial charge in [-0.1, -0.05) is 12.1 Å². The number of fused-ring (bicyclic) bond motifs is 1. The number of rotatable bonds is 3. The van der Waals surface area contributed by atoms with Crippen molar-refractivity contribution in [1.82, 2.24) is 18.8 Å². The quantitative estimate of drug-likeness (QED) is 0.729. The lowest BCUT2D eigenvalue weighted by molar-refractivity contribution is -0.141. The Labute approximate surface area is 169 Å². The number of nitrogens with zero attached hydrogens (tertiary/aromatic N) is 4. The predicted molar refractivity (Wildman–Crippen MR) is 104 cm³/mol. The molecule has 1 amide bonds. The van der Waals surface area contributed by atoms with Crippen LogP contribution in [0.4, 0.5) is 0 Å². The number of ether oxygens (including phenoxy) is 2. The molecule has 29 heavy (non-hydrogen) atoms. The first-order chi connectivity index (χ1) is 13.9. The predicted octanol–water partition coefficient (Wildman–Crippen LogP) is 0.792. The fourth-order valence-electron chi connectivity index (χ4n) is 3.48. The average Bonchev–Trinajstić information content (AvgIpc) is 2.93.